The van der Waals surface area contributed by atoms with Gasteiger partial charge in [0, 0.05) is 26.1 Å². The van der Waals surface area contributed by atoms with E-state index < -0.39 is 18.1 Å². The molecule has 0 fully saturated rings. The molecule has 5 amide bonds. The highest BCUT2D eigenvalue weighted by Crippen LogP contribution is 2.05. The van der Waals surface area contributed by atoms with Crippen molar-refractivity contribution in [1.29, 1.82) is 0 Å². The molecule has 0 aliphatic heterocycles. The van der Waals surface area contributed by atoms with Gasteiger partial charge in [-0.05, 0) is 25.2 Å². The number of urea groups is 1. The maximum Gasteiger partial charge on any atom is 0.338 e. The number of rotatable bonds is 14. The van der Waals surface area contributed by atoms with Crippen LogP contribution in [0.5, 0.6) is 0 Å². The summed E-state index contributed by atoms with van der Waals surface area (Å²) in [6, 6.07) is -1.96. The Kier molecular flexibility index (Phi) is 17.1. The second kappa shape index (κ2) is 17.6. The average Bonchev–Trinajstić information content (AvgIpc) is 2.63. The summed E-state index contributed by atoms with van der Waals surface area (Å²) in [5.41, 5.74) is 17.7. The average molecular weight is 479 g/mol. The Labute approximate surface area is 194 Å². The number of nitrogens with two attached hydrogens (primary N) is 3. The molecular weight excluding hydrogens is 443 g/mol. The van der Waals surface area contributed by atoms with E-state index in [2.05, 4.69) is 31.5 Å². The summed E-state index contributed by atoms with van der Waals surface area (Å²) in [4.78, 5) is 49.3. The van der Waals surface area contributed by atoms with Crippen molar-refractivity contribution in [1.82, 2.24) is 21.4 Å². The molecule has 0 bridgehead atoms. The molecule has 0 saturated heterocycles. The molecule has 0 rings (SSSR count). The molecule has 0 aromatic heterocycles. The summed E-state index contributed by atoms with van der Waals surface area (Å²) in [6.45, 7) is 5.82. The van der Waals surface area contributed by atoms with E-state index in [0.29, 0.717) is 25.8 Å². The Balaban J connectivity index is 0. The molecule has 0 saturated carbocycles. The number of carbonyl (C=O) groups is 4. The molecule has 0 heterocycles. The molecule has 2 atom stereocenters. The van der Waals surface area contributed by atoms with Crippen LogP contribution in [0.1, 0.15) is 46.5 Å². The fourth-order valence-electron chi connectivity index (χ4n) is 2.58. The highest BCUT2D eigenvalue weighted by Gasteiger charge is 2.20. The number of carbonyl (C=O) groups excluding carboxylic acids is 4. The molecular formula is C18H36ClN9O4. The monoisotopic (exact) mass is 478 g/mol. The van der Waals surface area contributed by atoms with E-state index >= 15 is 0 Å². The predicted octanol–water partition coefficient (Wildman–Crippen LogP) is -6.68. The zero-order chi connectivity index (χ0) is 23.8. The first kappa shape index (κ1) is 31.1. The molecule has 0 aromatic carbocycles. The second-order valence-corrected chi connectivity index (χ2v) is 7.38. The van der Waals surface area contributed by atoms with Crippen LogP contribution in [0.25, 0.3) is 0 Å². The van der Waals surface area contributed by atoms with Crippen molar-refractivity contribution in [3.8, 4) is 0 Å². The van der Waals surface area contributed by atoms with Crippen molar-refractivity contribution in [2.75, 3.05) is 13.1 Å². The highest BCUT2D eigenvalue weighted by molar-refractivity contribution is 5.87. The lowest BCUT2D eigenvalue weighted by Crippen LogP contribution is -3.00. The minimum atomic E-state index is -0.827. The zero-order valence-corrected chi connectivity index (χ0v) is 19.5. The molecule has 11 N–H and O–H groups in total. The SMILES string of the molecule is CC(=O)N[C@@H](CC(C)C)C(=O)NCCC(=O)N[C@@H](CCC[NH+]=C(N)N)/[13CH]=N/NC(N)=O.[Cl-]. The number of guanidine groups is 1. The molecule has 184 valence electrons. The van der Waals surface area contributed by atoms with Gasteiger partial charge in [0.15, 0.2) is 0 Å². The van der Waals surface area contributed by atoms with Gasteiger partial charge in [-0.3, -0.25) is 30.8 Å². The lowest BCUT2D eigenvalue weighted by Gasteiger charge is -2.19. The third kappa shape index (κ3) is 17.7. The van der Waals surface area contributed by atoms with E-state index in [1.54, 1.807) is 0 Å². The van der Waals surface area contributed by atoms with E-state index in [1.165, 1.54) is 13.1 Å². The van der Waals surface area contributed by atoms with Gasteiger partial charge in [0.05, 0.1) is 12.6 Å². The maximum atomic E-state index is 12.3. The van der Waals surface area contributed by atoms with E-state index in [0.717, 1.165) is 0 Å². The van der Waals surface area contributed by atoms with Gasteiger partial charge >= 0.3 is 12.0 Å². The van der Waals surface area contributed by atoms with Crippen molar-refractivity contribution in [3.63, 3.8) is 0 Å². The smallest absolute Gasteiger partial charge is 0.338 e. The van der Waals surface area contributed by atoms with Crippen LogP contribution in [0.4, 0.5) is 4.79 Å². The number of primary amides is 1. The predicted molar refractivity (Wildman–Crippen MR) is 116 cm³/mol. The Hall–Kier alpha value is -3.09. The van der Waals surface area contributed by atoms with Crippen molar-refractivity contribution in [2.45, 2.75) is 58.5 Å². The second-order valence-electron chi connectivity index (χ2n) is 7.38. The van der Waals surface area contributed by atoms with Crippen molar-refractivity contribution in [3.05, 3.63) is 0 Å². The molecule has 13 nitrogen and oxygen atoms in total. The molecule has 0 radical (unpaired) electrons. The fourth-order valence-corrected chi connectivity index (χ4v) is 2.58. The largest absolute Gasteiger partial charge is 1.00 e. The zero-order valence-electron chi connectivity index (χ0n) is 18.7. The van der Waals surface area contributed by atoms with Gasteiger partial charge in [0.25, 0.3) is 0 Å². The number of halogens is 1. The minimum absolute atomic E-state index is 0. The summed E-state index contributed by atoms with van der Waals surface area (Å²) in [5, 5.41) is 11.7. The first-order valence-electron chi connectivity index (χ1n) is 10.1. The third-order valence-electron chi connectivity index (χ3n) is 3.85. The summed E-state index contributed by atoms with van der Waals surface area (Å²) >= 11 is 0. The molecule has 0 aromatic rings. The van der Waals surface area contributed by atoms with Gasteiger partial charge in [0.2, 0.25) is 17.7 Å². The normalized spacial score (nSPS) is 12.2. The van der Waals surface area contributed by atoms with Gasteiger partial charge in [-0.25, -0.2) is 10.2 Å². The van der Waals surface area contributed by atoms with Crippen LogP contribution in [0.3, 0.4) is 0 Å². The number of hydrazone groups is 1. The number of hydrogen-bond acceptors (Lipinski definition) is 5. The first-order chi connectivity index (χ1) is 14.5. The van der Waals surface area contributed by atoms with Gasteiger partial charge < -0.3 is 34.1 Å². The van der Waals surface area contributed by atoms with Gasteiger partial charge in [-0.1, -0.05) is 13.8 Å². The standard InChI is InChI=1S/C18H35N9O4.ClH/c1-11(2)9-14(25-12(3)28)16(30)22-8-6-15(29)26-13(10-24-27-18(21)31)5-4-7-23-17(19)20;/h10-11,13-14H,4-9H2,1-3H3,(H,22,30)(H,25,28)(H,26,29)(H4,19,20,23)(H3,21,27,31);1H/b24-10+;/t13-,14-;/m0./s1/i10+1;. The van der Waals surface area contributed by atoms with Gasteiger partial charge in [-0.15, -0.1) is 0 Å². The lowest BCUT2D eigenvalue weighted by molar-refractivity contribution is -0.459. The Morgan fingerprint density at radius 2 is 1.75 bits per heavy atom. The number of nitrogens with zero attached hydrogens (tertiary/aromatic N) is 1. The van der Waals surface area contributed by atoms with Gasteiger partial charge in [0.1, 0.15) is 6.04 Å². The van der Waals surface area contributed by atoms with Gasteiger partial charge in [-0.2, -0.15) is 5.10 Å². The highest BCUT2D eigenvalue weighted by atomic mass is 35.5. The van der Waals surface area contributed by atoms with E-state index in [-0.39, 0.29) is 55.0 Å². The van der Waals surface area contributed by atoms with Crippen molar-refractivity contribution >= 4 is 35.9 Å². The third-order valence-corrected chi connectivity index (χ3v) is 3.85. The molecule has 0 aliphatic carbocycles. The van der Waals surface area contributed by atoms with Crippen LogP contribution in [0.15, 0.2) is 5.10 Å². The number of amides is 5. The van der Waals surface area contributed by atoms with Crippen molar-refractivity contribution < 1.29 is 36.6 Å². The first-order valence-corrected chi connectivity index (χ1v) is 10.1. The Bertz CT molecular complexity index is 667. The summed E-state index contributed by atoms with van der Waals surface area (Å²) in [7, 11) is 0. The molecule has 0 aliphatic rings. The van der Waals surface area contributed by atoms with E-state index in [4.69, 9.17) is 17.2 Å². The van der Waals surface area contributed by atoms with Crippen LogP contribution in [0, 0.1) is 5.92 Å². The van der Waals surface area contributed by atoms with Crippen LogP contribution < -0.4 is 56.0 Å². The summed E-state index contributed by atoms with van der Waals surface area (Å²) in [6.07, 6.45) is 2.96. The summed E-state index contributed by atoms with van der Waals surface area (Å²) in [5.74, 6) is -0.665. The van der Waals surface area contributed by atoms with Crippen molar-refractivity contribution in [2.24, 2.45) is 28.2 Å². The number of hydrogen-bond donors (Lipinski definition) is 8. The quantitative estimate of drug-likeness (QED) is 0.0398. The number of nitrogens with one attached hydrogen (secondary N) is 5. The molecule has 0 spiro atoms. The van der Waals surface area contributed by atoms with Crippen LogP contribution in [0.2, 0.25) is 0 Å². The molecule has 32 heavy (non-hydrogen) atoms. The maximum absolute atomic E-state index is 12.3. The van der Waals surface area contributed by atoms with Crippen LogP contribution in [-0.4, -0.2) is 61.1 Å². The lowest BCUT2D eigenvalue weighted by atomic mass is 10.0. The summed E-state index contributed by atoms with van der Waals surface area (Å²) < 4.78 is 0. The minimum Gasteiger partial charge on any atom is -1.00 e. The molecule has 14 heteroatoms. The Morgan fingerprint density at radius 1 is 1.09 bits per heavy atom. The molecule has 0 unspecified atom stereocenters. The topological polar surface area (TPSA) is 221 Å². The van der Waals surface area contributed by atoms with E-state index in [9.17, 15) is 19.2 Å². The fraction of sp³-hybridized carbons (Fsp3) is 0.667. The van der Waals surface area contributed by atoms with E-state index in [1.807, 2.05) is 13.8 Å². The van der Waals surface area contributed by atoms with Crippen LogP contribution >= 0.6 is 0 Å². The van der Waals surface area contributed by atoms with Crippen LogP contribution in [-0.2, 0) is 14.4 Å². The Morgan fingerprint density at radius 3 is 2.28 bits per heavy atom.